The molecule has 4 fully saturated rings. The van der Waals surface area contributed by atoms with Crippen molar-refractivity contribution in [1.82, 2.24) is 5.32 Å². The van der Waals surface area contributed by atoms with Crippen molar-refractivity contribution in [3.8, 4) is 5.75 Å². The Morgan fingerprint density at radius 2 is 1.42 bits per heavy atom. The first-order chi connectivity index (χ1) is 14.7. The fourth-order valence-electron chi connectivity index (χ4n) is 6.00. The first-order valence-electron chi connectivity index (χ1n) is 10.3. The van der Waals surface area contributed by atoms with Crippen molar-refractivity contribution in [3.63, 3.8) is 0 Å². The molecule has 0 saturated heterocycles. The molecular weight excluding hydrogens is 421 g/mol. The minimum Gasteiger partial charge on any atom is -0.479 e. The number of amides is 1. The fraction of sp³-hybridized carbons (Fsp3) is 0.500. The van der Waals surface area contributed by atoms with Gasteiger partial charge in [-0.1, -0.05) is 0 Å². The van der Waals surface area contributed by atoms with Gasteiger partial charge < -0.3 is 14.5 Å². The number of ether oxygens (including phenoxy) is 1. The van der Waals surface area contributed by atoms with Crippen LogP contribution >= 0.6 is 0 Å². The molecule has 1 aromatic heterocycles. The first-order valence-corrected chi connectivity index (χ1v) is 10.3. The highest BCUT2D eigenvalue weighted by molar-refractivity contribution is 5.92. The molecule has 166 valence electrons. The van der Waals surface area contributed by atoms with Crippen LogP contribution in [-0.2, 0) is 6.61 Å². The Bertz CT molecular complexity index is 986. The van der Waals surface area contributed by atoms with Crippen molar-refractivity contribution in [2.24, 2.45) is 17.8 Å². The molecule has 31 heavy (non-hydrogen) atoms. The maximum absolute atomic E-state index is 13.7. The van der Waals surface area contributed by atoms with Crippen molar-refractivity contribution >= 4 is 5.91 Å². The molecule has 4 aliphatic carbocycles. The van der Waals surface area contributed by atoms with Gasteiger partial charge in [-0.25, -0.2) is 13.2 Å². The summed E-state index contributed by atoms with van der Waals surface area (Å²) >= 11 is 0. The summed E-state index contributed by atoms with van der Waals surface area (Å²) in [4.78, 5) is 12.7. The maximum Gasteiger partial charge on any atom is 0.287 e. The molecule has 4 saturated carbocycles. The van der Waals surface area contributed by atoms with Crippen LogP contribution in [0.5, 0.6) is 5.75 Å². The third kappa shape index (κ3) is 3.47. The summed E-state index contributed by atoms with van der Waals surface area (Å²) in [6.07, 6.45) is 6.57. The van der Waals surface area contributed by atoms with E-state index < -0.39 is 41.4 Å². The highest BCUT2D eigenvalue weighted by atomic mass is 19.2. The lowest BCUT2D eigenvalue weighted by molar-refractivity contribution is -0.0171. The molecule has 2 aromatic rings. The highest BCUT2D eigenvalue weighted by Crippen LogP contribution is 2.55. The van der Waals surface area contributed by atoms with Gasteiger partial charge in [0.25, 0.3) is 5.91 Å². The zero-order valence-electron chi connectivity index (χ0n) is 16.5. The highest BCUT2D eigenvalue weighted by Gasteiger charge is 2.51. The quantitative estimate of drug-likeness (QED) is 0.392. The van der Waals surface area contributed by atoms with Gasteiger partial charge in [0.2, 0.25) is 29.1 Å². The number of rotatable bonds is 5. The van der Waals surface area contributed by atoms with Crippen LogP contribution in [0.15, 0.2) is 16.5 Å². The third-order valence-electron chi connectivity index (χ3n) is 6.83. The SMILES string of the molecule is O=C(NC12CC3CC(CC(C3)C1)C2)c1ccc(COc2c(F)c(F)c(F)c(F)c2F)o1. The molecule has 4 bridgehead atoms. The van der Waals surface area contributed by atoms with Crippen molar-refractivity contribution in [2.75, 3.05) is 0 Å². The Balaban J connectivity index is 1.27. The van der Waals surface area contributed by atoms with Crippen LogP contribution < -0.4 is 10.1 Å². The molecule has 4 aliphatic rings. The molecular formula is C22H20F5NO3. The van der Waals surface area contributed by atoms with Crippen LogP contribution in [0.1, 0.15) is 54.8 Å². The van der Waals surface area contributed by atoms with Gasteiger partial charge in [0.05, 0.1) is 0 Å². The summed E-state index contributed by atoms with van der Waals surface area (Å²) in [5.74, 6) is -10.4. The van der Waals surface area contributed by atoms with Gasteiger partial charge in [0.1, 0.15) is 12.4 Å². The number of furan rings is 1. The van der Waals surface area contributed by atoms with E-state index in [0.29, 0.717) is 17.8 Å². The number of halogens is 5. The van der Waals surface area contributed by atoms with Crippen LogP contribution in [-0.4, -0.2) is 11.4 Å². The largest absolute Gasteiger partial charge is 0.479 e. The molecule has 1 amide bonds. The number of hydrogen-bond acceptors (Lipinski definition) is 3. The normalized spacial score (nSPS) is 28.7. The summed E-state index contributed by atoms with van der Waals surface area (Å²) < 4.78 is 77.3. The van der Waals surface area contributed by atoms with E-state index in [1.807, 2.05) is 0 Å². The van der Waals surface area contributed by atoms with E-state index in [2.05, 4.69) is 5.32 Å². The van der Waals surface area contributed by atoms with E-state index >= 15 is 0 Å². The lowest BCUT2D eigenvalue weighted by Crippen LogP contribution is -2.59. The van der Waals surface area contributed by atoms with Gasteiger partial charge in [0.15, 0.2) is 11.5 Å². The predicted molar refractivity (Wildman–Crippen MR) is 97.6 cm³/mol. The van der Waals surface area contributed by atoms with Crippen LogP contribution in [0.25, 0.3) is 0 Å². The van der Waals surface area contributed by atoms with Crippen LogP contribution in [0.3, 0.4) is 0 Å². The van der Waals surface area contributed by atoms with Crippen LogP contribution in [0.2, 0.25) is 0 Å². The maximum atomic E-state index is 13.7. The van der Waals surface area contributed by atoms with Gasteiger partial charge in [-0.2, -0.15) is 8.78 Å². The Hall–Kier alpha value is -2.58. The van der Waals surface area contributed by atoms with E-state index in [1.165, 1.54) is 31.4 Å². The molecule has 0 spiro atoms. The Labute approximate surface area is 174 Å². The standard InChI is InChI=1S/C22H20F5NO3/c23-15-16(24)18(26)20(19(27)17(15)25)30-9-13-1-2-14(31-13)21(29)28-22-6-10-3-11(7-22)5-12(4-10)8-22/h1-2,10-12H,3-9H2,(H,28,29). The van der Waals surface area contributed by atoms with Gasteiger partial charge >= 0.3 is 0 Å². The number of carbonyl (C=O) groups is 1. The van der Waals surface area contributed by atoms with Crippen LogP contribution in [0.4, 0.5) is 22.0 Å². The third-order valence-corrected chi connectivity index (χ3v) is 6.83. The minimum atomic E-state index is -2.26. The summed E-state index contributed by atoms with van der Waals surface area (Å²) in [5.41, 5.74) is -0.218. The van der Waals surface area contributed by atoms with Gasteiger partial charge in [-0.05, 0) is 68.4 Å². The van der Waals surface area contributed by atoms with Gasteiger partial charge in [0, 0.05) is 5.54 Å². The minimum absolute atomic E-state index is 0.00626. The fourth-order valence-corrected chi connectivity index (χ4v) is 6.00. The van der Waals surface area contributed by atoms with Crippen molar-refractivity contribution < 1.29 is 35.9 Å². The second kappa shape index (κ2) is 7.24. The van der Waals surface area contributed by atoms with E-state index in [-0.39, 0.29) is 23.0 Å². The van der Waals surface area contributed by atoms with E-state index in [0.717, 1.165) is 19.3 Å². The average Bonchev–Trinajstić information content (AvgIpc) is 3.19. The monoisotopic (exact) mass is 441 g/mol. The van der Waals surface area contributed by atoms with Crippen molar-refractivity contribution in [1.29, 1.82) is 0 Å². The topological polar surface area (TPSA) is 51.5 Å². The molecule has 9 heteroatoms. The van der Waals surface area contributed by atoms with E-state index in [4.69, 9.17) is 9.15 Å². The first kappa shape index (κ1) is 20.3. The Morgan fingerprint density at radius 1 is 0.903 bits per heavy atom. The van der Waals surface area contributed by atoms with Crippen molar-refractivity contribution in [2.45, 2.75) is 50.7 Å². The molecule has 4 nitrogen and oxygen atoms in total. The van der Waals surface area contributed by atoms with Gasteiger partial charge in [-0.15, -0.1) is 0 Å². The zero-order valence-corrected chi connectivity index (χ0v) is 16.5. The average molecular weight is 441 g/mol. The molecule has 0 radical (unpaired) electrons. The molecule has 0 unspecified atom stereocenters. The Kier molecular flexibility index (Phi) is 4.75. The summed E-state index contributed by atoms with van der Waals surface area (Å²) in [6, 6.07) is 2.76. The van der Waals surface area contributed by atoms with E-state index in [9.17, 15) is 26.7 Å². The summed E-state index contributed by atoms with van der Waals surface area (Å²) in [5, 5.41) is 3.13. The number of benzene rings is 1. The second-order valence-corrected chi connectivity index (χ2v) is 9.11. The van der Waals surface area contributed by atoms with Crippen LogP contribution in [0, 0.1) is 46.8 Å². The molecule has 1 N–H and O–H groups in total. The summed E-state index contributed by atoms with van der Waals surface area (Å²) in [6.45, 7) is -0.608. The number of hydrogen-bond donors (Lipinski definition) is 1. The zero-order chi connectivity index (χ0) is 21.9. The summed E-state index contributed by atoms with van der Waals surface area (Å²) in [7, 11) is 0. The molecule has 1 heterocycles. The smallest absolute Gasteiger partial charge is 0.287 e. The molecule has 0 aliphatic heterocycles. The molecule has 1 aromatic carbocycles. The lowest BCUT2D eigenvalue weighted by atomic mass is 9.53. The Morgan fingerprint density at radius 3 is 1.97 bits per heavy atom. The van der Waals surface area contributed by atoms with E-state index in [1.54, 1.807) is 0 Å². The number of carbonyl (C=O) groups excluding carboxylic acids is 1. The predicted octanol–water partition coefficient (Wildman–Crippen LogP) is 5.25. The molecule has 6 rings (SSSR count). The number of nitrogens with one attached hydrogen (secondary N) is 1. The molecule has 0 atom stereocenters. The lowest BCUT2D eigenvalue weighted by Gasteiger charge is -2.56. The van der Waals surface area contributed by atoms with Gasteiger partial charge in [-0.3, -0.25) is 4.79 Å². The van der Waals surface area contributed by atoms with Crippen molar-refractivity contribution in [3.05, 3.63) is 52.7 Å². The second-order valence-electron chi connectivity index (χ2n) is 9.11.